The van der Waals surface area contributed by atoms with Crippen LogP contribution in [0.3, 0.4) is 0 Å². The Kier molecular flexibility index (Phi) is 3.50. The van der Waals surface area contributed by atoms with Crippen molar-refractivity contribution in [2.75, 3.05) is 11.1 Å². The van der Waals surface area contributed by atoms with Crippen LogP contribution >= 0.6 is 0 Å². The number of benzene rings is 1. The molecule has 1 aliphatic rings. The zero-order valence-electron chi connectivity index (χ0n) is 13.6. The van der Waals surface area contributed by atoms with Crippen LogP contribution in [-0.4, -0.2) is 19.5 Å². The Balaban J connectivity index is 1.76. The molecule has 0 amide bonds. The van der Waals surface area contributed by atoms with E-state index >= 15 is 0 Å². The van der Waals surface area contributed by atoms with Crippen molar-refractivity contribution in [3.8, 4) is 6.07 Å². The molecule has 1 aromatic carbocycles. The van der Waals surface area contributed by atoms with Gasteiger partial charge in [0.15, 0.2) is 0 Å². The number of halogens is 1. The molecule has 126 valence electrons. The first-order chi connectivity index (χ1) is 12.1. The molecule has 1 fully saturated rings. The zero-order chi connectivity index (χ0) is 17.6. The quantitative estimate of drug-likeness (QED) is 0.758. The first-order valence-electron chi connectivity index (χ1n) is 8.03. The lowest BCUT2D eigenvalue weighted by atomic mass is 10.2. The number of anilines is 2. The number of nitrogens with one attached hydrogen (secondary N) is 1. The third kappa shape index (κ3) is 2.63. The highest BCUT2D eigenvalue weighted by atomic mass is 19.1. The predicted molar refractivity (Wildman–Crippen MR) is 91.2 cm³/mol. The molecule has 0 unspecified atom stereocenters. The number of hydrogen-bond acceptors (Lipinski definition) is 6. The largest absolute Gasteiger partial charge is 0.382 e. The van der Waals surface area contributed by atoms with E-state index in [1.165, 1.54) is 18.5 Å². The Hall–Kier alpha value is -3.21. The van der Waals surface area contributed by atoms with E-state index in [9.17, 15) is 9.65 Å². The molecular formula is C17H16FN7. The first kappa shape index (κ1) is 15.3. The van der Waals surface area contributed by atoms with Gasteiger partial charge in [0.25, 0.3) is 0 Å². The van der Waals surface area contributed by atoms with Gasteiger partial charge in [-0.1, -0.05) is 0 Å². The van der Waals surface area contributed by atoms with Crippen LogP contribution in [0.2, 0.25) is 0 Å². The lowest BCUT2D eigenvalue weighted by Gasteiger charge is -2.17. The van der Waals surface area contributed by atoms with Gasteiger partial charge in [-0.05, 0) is 31.9 Å². The molecule has 3 N–H and O–H groups in total. The summed E-state index contributed by atoms with van der Waals surface area (Å²) in [5, 5.41) is 12.5. The number of rotatable bonds is 4. The van der Waals surface area contributed by atoms with Crippen LogP contribution < -0.4 is 11.1 Å². The van der Waals surface area contributed by atoms with Crippen molar-refractivity contribution < 1.29 is 4.39 Å². The van der Waals surface area contributed by atoms with Crippen molar-refractivity contribution in [3.05, 3.63) is 41.7 Å². The minimum absolute atomic E-state index is 0.130. The third-order valence-corrected chi connectivity index (χ3v) is 4.32. The number of nitrogens with two attached hydrogens (primary N) is 1. The van der Waals surface area contributed by atoms with E-state index < -0.39 is 0 Å². The smallest absolute Gasteiger partial charge is 0.150 e. The standard InChI is InChI=1S/C17H16FN7/c1-9(23-16-12(7-19)15(20)21-8-22-16)17-24-13-6-10(18)2-5-14(13)25(17)11-3-4-11/h2,5-6,8-9,11H,3-4H2,1H3,(H3,20,21,22,23)/t9-/m0/s1. The maximum atomic E-state index is 13.6. The lowest BCUT2D eigenvalue weighted by Crippen LogP contribution is -2.15. The zero-order valence-corrected chi connectivity index (χ0v) is 13.6. The average Bonchev–Trinajstić information content (AvgIpc) is 3.35. The SMILES string of the molecule is C[C@H](Nc1ncnc(N)c1C#N)c1nc2cc(F)ccc2n1C1CC1. The molecule has 0 spiro atoms. The van der Waals surface area contributed by atoms with Gasteiger partial charge in [0.1, 0.15) is 41.2 Å². The van der Waals surface area contributed by atoms with E-state index in [0.29, 0.717) is 17.4 Å². The molecule has 1 aliphatic carbocycles. The molecule has 0 aliphatic heterocycles. The van der Waals surface area contributed by atoms with Crippen LogP contribution in [0.1, 0.15) is 43.2 Å². The summed E-state index contributed by atoms with van der Waals surface area (Å²) in [6.07, 6.45) is 3.46. The minimum atomic E-state index is -0.310. The van der Waals surface area contributed by atoms with E-state index in [-0.39, 0.29) is 23.2 Å². The number of nitrogen functional groups attached to an aromatic ring is 1. The van der Waals surface area contributed by atoms with Gasteiger partial charge < -0.3 is 15.6 Å². The Morgan fingerprint density at radius 3 is 2.92 bits per heavy atom. The Morgan fingerprint density at radius 2 is 2.20 bits per heavy atom. The molecule has 0 saturated heterocycles. The van der Waals surface area contributed by atoms with Crippen molar-refractivity contribution in [2.45, 2.75) is 31.8 Å². The second-order valence-corrected chi connectivity index (χ2v) is 6.16. The average molecular weight is 337 g/mol. The van der Waals surface area contributed by atoms with E-state index in [1.54, 1.807) is 6.07 Å². The molecular weight excluding hydrogens is 321 g/mol. The van der Waals surface area contributed by atoms with E-state index in [2.05, 4.69) is 24.8 Å². The summed E-state index contributed by atoms with van der Waals surface area (Å²) in [7, 11) is 0. The molecule has 4 rings (SSSR count). The van der Waals surface area contributed by atoms with Crippen LogP contribution in [0.15, 0.2) is 24.5 Å². The maximum Gasteiger partial charge on any atom is 0.150 e. The summed E-state index contributed by atoms with van der Waals surface area (Å²) in [4.78, 5) is 12.6. The van der Waals surface area contributed by atoms with Gasteiger partial charge in [-0.2, -0.15) is 5.26 Å². The van der Waals surface area contributed by atoms with Crippen molar-refractivity contribution in [1.82, 2.24) is 19.5 Å². The minimum Gasteiger partial charge on any atom is -0.382 e. The number of fused-ring (bicyclic) bond motifs is 1. The van der Waals surface area contributed by atoms with Crippen LogP contribution in [-0.2, 0) is 0 Å². The van der Waals surface area contributed by atoms with Crippen molar-refractivity contribution >= 4 is 22.7 Å². The number of nitriles is 1. The van der Waals surface area contributed by atoms with Gasteiger partial charge in [0, 0.05) is 12.1 Å². The summed E-state index contributed by atoms with van der Waals surface area (Å²) < 4.78 is 15.7. The molecule has 25 heavy (non-hydrogen) atoms. The molecule has 1 atom stereocenters. The molecule has 0 radical (unpaired) electrons. The van der Waals surface area contributed by atoms with E-state index in [0.717, 1.165) is 24.2 Å². The van der Waals surface area contributed by atoms with E-state index in [1.807, 2.05) is 13.0 Å². The molecule has 2 aromatic heterocycles. The highest BCUT2D eigenvalue weighted by Gasteiger charge is 2.30. The molecule has 0 bridgehead atoms. The molecule has 7 nitrogen and oxygen atoms in total. The van der Waals surface area contributed by atoms with Gasteiger partial charge in [-0.15, -0.1) is 0 Å². The van der Waals surface area contributed by atoms with Gasteiger partial charge in [-0.25, -0.2) is 19.3 Å². The third-order valence-electron chi connectivity index (χ3n) is 4.32. The molecule has 8 heteroatoms. The maximum absolute atomic E-state index is 13.6. The van der Waals surface area contributed by atoms with Crippen molar-refractivity contribution in [3.63, 3.8) is 0 Å². The van der Waals surface area contributed by atoms with Gasteiger partial charge in [0.05, 0.1) is 17.1 Å². The normalized spacial score (nSPS) is 15.1. The van der Waals surface area contributed by atoms with Gasteiger partial charge in [-0.3, -0.25) is 0 Å². The lowest BCUT2D eigenvalue weighted by molar-refractivity contribution is 0.629. The van der Waals surface area contributed by atoms with Gasteiger partial charge in [0.2, 0.25) is 0 Å². The number of aromatic nitrogens is 4. The van der Waals surface area contributed by atoms with Crippen LogP contribution in [0.25, 0.3) is 11.0 Å². The van der Waals surface area contributed by atoms with Gasteiger partial charge >= 0.3 is 0 Å². The van der Waals surface area contributed by atoms with Crippen LogP contribution in [0.5, 0.6) is 0 Å². The fourth-order valence-electron chi connectivity index (χ4n) is 3.00. The Morgan fingerprint density at radius 1 is 1.40 bits per heavy atom. The van der Waals surface area contributed by atoms with Crippen molar-refractivity contribution in [1.29, 1.82) is 5.26 Å². The van der Waals surface area contributed by atoms with Crippen LogP contribution in [0.4, 0.5) is 16.0 Å². The predicted octanol–water partition coefficient (Wildman–Crippen LogP) is 2.93. The number of hydrogen-bond donors (Lipinski definition) is 2. The van der Waals surface area contributed by atoms with Crippen molar-refractivity contribution in [2.24, 2.45) is 0 Å². The molecule has 1 saturated carbocycles. The van der Waals surface area contributed by atoms with E-state index in [4.69, 9.17) is 5.73 Å². The second-order valence-electron chi connectivity index (χ2n) is 6.16. The number of nitrogens with zero attached hydrogens (tertiary/aromatic N) is 5. The summed E-state index contributed by atoms with van der Waals surface area (Å²) in [6, 6.07) is 6.80. The molecule has 3 aromatic rings. The highest BCUT2D eigenvalue weighted by Crippen LogP contribution is 2.40. The number of imidazole rings is 1. The van der Waals surface area contributed by atoms with Crippen LogP contribution in [0, 0.1) is 17.1 Å². The highest BCUT2D eigenvalue weighted by molar-refractivity contribution is 5.77. The first-order valence-corrected chi connectivity index (χ1v) is 8.03. The summed E-state index contributed by atoms with van der Waals surface area (Å²) in [6.45, 7) is 1.93. The Bertz CT molecular complexity index is 1000. The molecule has 2 heterocycles. The summed E-state index contributed by atoms with van der Waals surface area (Å²) in [5.74, 6) is 0.965. The topological polar surface area (TPSA) is 105 Å². The monoisotopic (exact) mass is 337 g/mol. The summed E-state index contributed by atoms with van der Waals surface area (Å²) in [5.41, 5.74) is 7.48. The Labute approximate surface area is 143 Å². The fourth-order valence-corrected chi connectivity index (χ4v) is 3.00. The fraction of sp³-hybridized carbons (Fsp3) is 0.294. The summed E-state index contributed by atoms with van der Waals surface area (Å²) >= 11 is 0. The second kappa shape index (κ2) is 5.70.